The summed E-state index contributed by atoms with van der Waals surface area (Å²) in [5.41, 5.74) is 0. The van der Waals surface area contributed by atoms with Crippen LogP contribution in [0.5, 0.6) is 0 Å². The third kappa shape index (κ3) is 52.5. The van der Waals surface area contributed by atoms with Crippen molar-refractivity contribution in [2.45, 2.75) is 555 Å². The van der Waals surface area contributed by atoms with Crippen LogP contribution in [0.2, 0.25) is 0 Å². The molecule has 3 fully saturated rings. The van der Waals surface area contributed by atoms with Crippen LogP contribution in [0.3, 0.4) is 0 Å². The fourth-order valence-electron chi connectivity index (χ4n) is 16.9. The molecular weight excluding hydrogens is 1430 g/mol. The lowest BCUT2D eigenvalue weighted by molar-refractivity contribution is -0.379. The second-order valence-electron chi connectivity index (χ2n) is 34.9. The molecule has 0 spiro atoms. The second kappa shape index (κ2) is 74.4. The number of carbonyl (C=O) groups is 1. The SMILES string of the molecule is CCCCCCCCCCCCCCCCCCCCCCCCCCCCCCC/C=C/C(O)C(COC1OC(CO)C(OC2OC(CO)C(OC3OC(CO)C(O)C(O)C3O)C(O)C2O)C(O)C1O)NC(=O)CCCCCCCCCCCCCCCCCCCCCCCCCCCCCCCCCCCCCCC. The summed E-state index contributed by atoms with van der Waals surface area (Å²) in [7, 11) is 0. The molecular formula is C94H181NO18. The summed E-state index contributed by atoms with van der Waals surface area (Å²) < 4.78 is 34.6. The summed E-state index contributed by atoms with van der Waals surface area (Å²) >= 11 is 0. The molecule has 17 unspecified atom stereocenters. The van der Waals surface area contributed by atoms with Crippen LogP contribution in [0.15, 0.2) is 12.2 Å². The van der Waals surface area contributed by atoms with Gasteiger partial charge in [-0.1, -0.05) is 437 Å². The Hall–Kier alpha value is -1.47. The van der Waals surface area contributed by atoms with Crippen LogP contribution in [-0.4, -0.2) is 193 Å². The van der Waals surface area contributed by atoms with Gasteiger partial charge in [0.2, 0.25) is 5.91 Å². The quantitative estimate of drug-likeness (QED) is 0.0199. The van der Waals surface area contributed by atoms with E-state index in [2.05, 4.69) is 19.2 Å². The number of aliphatic hydroxyl groups is 11. The Labute approximate surface area is 690 Å². The number of aliphatic hydroxyl groups excluding tert-OH is 11. The van der Waals surface area contributed by atoms with Crippen molar-refractivity contribution in [1.82, 2.24) is 5.32 Å². The van der Waals surface area contributed by atoms with Gasteiger partial charge in [0, 0.05) is 6.42 Å². The van der Waals surface area contributed by atoms with Crippen LogP contribution in [-0.2, 0) is 33.2 Å². The van der Waals surface area contributed by atoms with E-state index in [-0.39, 0.29) is 18.9 Å². The zero-order valence-corrected chi connectivity index (χ0v) is 72.7. The van der Waals surface area contributed by atoms with E-state index in [1.807, 2.05) is 6.08 Å². The molecule has 0 aromatic carbocycles. The van der Waals surface area contributed by atoms with E-state index in [1.165, 1.54) is 379 Å². The average Bonchev–Trinajstić information content (AvgIpc) is 0.777. The van der Waals surface area contributed by atoms with Crippen LogP contribution in [0.1, 0.15) is 450 Å². The molecule has 3 rings (SSSR count). The Balaban J connectivity index is 1.29. The van der Waals surface area contributed by atoms with Crippen LogP contribution < -0.4 is 5.32 Å². The minimum absolute atomic E-state index is 0.251. The Morgan fingerprint density at radius 1 is 0.310 bits per heavy atom. The van der Waals surface area contributed by atoms with Gasteiger partial charge in [0.1, 0.15) is 73.2 Å². The number of carbonyl (C=O) groups excluding carboxylic acids is 1. The number of ether oxygens (including phenoxy) is 6. The molecule has 3 heterocycles. The van der Waals surface area contributed by atoms with E-state index in [4.69, 9.17) is 28.4 Å². The third-order valence-corrected chi connectivity index (χ3v) is 24.6. The summed E-state index contributed by atoms with van der Waals surface area (Å²) in [5, 5.41) is 121. The normalized spacial score (nSPS) is 24.8. The highest BCUT2D eigenvalue weighted by Crippen LogP contribution is 2.34. The summed E-state index contributed by atoms with van der Waals surface area (Å²) in [6.45, 7) is 1.83. The monoisotopic (exact) mass is 1610 g/mol. The predicted molar refractivity (Wildman–Crippen MR) is 457 cm³/mol. The molecule has 3 aliphatic rings. The highest BCUT2D eigenvalue weighted by molar-refractivity contribution is 5.76. The molecule has 19 heteroatoms. The lowest BCUT2D eigenvalue weighted by atomic mass is 9.96. The molecule has 0 aromatic heterocycles. The van der Waals surface area contributed by atoms with Gasteiger partial charge in [-0.15, -0.1) is 0 Å². The molecule has 3 saturated heterocycles. The van der Waals surface area contributed by atoms with Gasteiger partial charge < -0.3 is 89.9 Å². The van der Waals surface area contributed by atoms with Crippen LogP contribution in [0.4, 0.5) is 0 Å². The van der Waals surface area contributed by atoms with Gasteiger partial charge in [-0.05, 0) is 19.3 Å². The first kappa shape index (κ1) is 106. The zero-order valence-electron chi connectivity index (χ0n) is 72.7. The maximum atomic E-state index is 13.5. The van der Waals surface area contributed by atoms with Crippen molar-refractivity contribution in [3.63, 3.8) is 0 Å². The molecule has 3 aliphatic heterocycles. The van der Waals surface area contributed by atoms with Crippen molar-refractivity contribution in [3.05, 3.63) is 12.2 Å². The number of unbranched alkanes of at least 4 members (excludes halogenated alkanes) is 65. The van der Waals surface area contributed by atoms with Crippen LogP contribution in [0, 0.1) is 0 Å². The molecule has 0 aromatic rings. The van der Waals surface area contributed by atoms with Crippen molar-refractivity contribution in [1.29, 1.82) is 0 Å². The number of hydrogen-bond acceptors (Lipinski definition) is 18. The molecule has 0 bridgehead atoms. The van der Waals surface area contributed by atoms with Crippen molar-refractivity contribution >= 4 is 5.91 Å². The second-order valence-corrected chi connectivity index (χ2v) is 34.9. The summed E-state index contributed by atoms with van der Waals surface area (Å²) in [6.07, 6.45) is 66.8. The minimum Gasteiger partial charge on any atom is -0.394 e. The number of hydrogen-bond donors (Lipinski definition) is 12. The first-order valence-electron chi connectivity index (χ1n) is 48.4. The summed E-state index contributed by atoms with van der Waals surface area (Å²) in [5.74, 6) is -0.264. The molecule has 19 nitrogen and oxygen atoms in total. The van der Waals surface area contributed by atoms with Gasteiger partial charge in [0.05, 0.1) is 38.6 Å². The fourth-order valence-corrected chi connectivity index (χ4v) is 16.9. The fraction of sp³-hybridized carbons (Fsp3) is 0.968. The molecule has 1 amide bonds. The average molecular weight is 1610 g/mol. The molecule has 0 saturated carbocycles. The Morgan fingerprint density at radius 2 is 0.549 bits per heavy atom. The summed E-state index contributed by atoms with van der Waals surface area (Å²) in [4.78, 5) is 13.5. The smallest absolute Gasteiger partial charge is 0.220 e. The lowest BCUT2D eigenvalue weighted by Gasteiger charge is -2.48. The molecule has 113 heavy (non-hydrogen) atoms. The Kier molecular flexibility index (Phi) is 69.6. The number of allylic oxidation sites excluding steroid dienone is 1. The topological polar surface area (TPSA) is 307 Å². The molecule has 12 N–H and O–H groups in total. The van der Waals surface area contributed by atoms with Gasteiger partial charge in [0.25, 0.3) is 0 Å². The van der Waals surface area contributed by atoms with Crippen molar-refractivity contribution in [2.24, 2.45) is 0 Å². The van der Waals surface area contributed by atoms with Crippen LogP contribution in [0.25, 0.3) is 0 Å². The number of nitrogens with one attached hydrogen (secondary N) is 1. The Bertz CT molecular complexity index is 2080. The predicted octanol–water partition coefficient (Wildman–Crippen LogP) is 19.4. The van der Waals surface area contributed by atoms with E-state index < -0.39 is 124 Å². The minimum atomic E-state index is -1.98. The van der Waals surface area contributed by atoms with E-state index in [9.17, 15) is 61.0 Å². The van der Waals surface area contributed by atoms with E-state index in [0.29, 0.717) is 6.42 Å². The zero-order chi connectivity index (χ0) is 81.7. The maximum absolute atomic E-state index is 13.5. The van der Waals surface area contributed by atoms with Gasteiger partial charge >= 0.3 is 0 Å². The Morgan fingerprint density at radius 3 is 0.832 bits per heavy atom. The van der Waals surface area contributed by atoms with E-state index in [1.54, 1.807) is 6.08 Å². The van der Waals surface area contributed by atoms with Gasteiger partial charge in [-0.25, -0.2) is 0 Å². The van der Waals surface area contributed by atoms with Gasteiger partial charge in [0.15, 0.2) is 18.9 Å². The standard InChI is InChI=1S/C94H181NO18/c1-3-5-7-9-11-13-15-17-19-21-23-25-27-29-31-33-35-36-37-38-39-40-42-44-46-48-50-52-54-56-58-60-62-64-66-68-70-72-82(100)95-77(78(99)71-69-67-65-63-61-59-57-55-53-51-49-47-45-43-41-34-32-30-28-26-24-22-20-18-16-14-12-10-8-6-4-2)76-108-92-88(106)85(103)90(80(74-97)110-92)113-94-89(107)86(104)91(81(75-98)111-94)112-93-87(105)84(102)83(101)79(73-96)109-93/h69,71,77-81,83-94,96-99,101-107H,3-68,70,72-76H2,1-2H3,(H,95,100)/b71-69+. The first-order valence-corrected chi connectivity index (χ1v) is 48.4. The molecule has 670 valence electrons. The van der Waals surface area contributed by atoms with E-state index in [0.717, 1.165) is 44.9 Å². The highest BCUT2D eigenvalue weighted by atomic mass is 16.8. The largest absolute Gasteiger partial charge is 0.394 e. The third-order valence-electron chi connectivity index (χ3n) is 24.6. The van der Waals surface area contributed by atoms with Crippen LogP contribution >= 0.6 is 0 Å². The molecule has 17 atom stereocenters. The van der Waals surface area contributed by atoms with Crippen molar-refractivity contribution < 1.29 is 89.4 Å². The van der Waals surface area contributed by atoms with E-state index >= 15 is 0 Å². The lowest BCUT2D eigenvalue weighted by Crippen LogP contribution is -2.66. The number of amides is 1. The molecule has 0 radical (unpaired) electrons. The van der Waals surface area contributed by atoms with Crippen molar-refractivity contribution in [3.8, 4) is 0 Å². The van der Waals surface area contributed by atoms with Gasteiger partial charge in [-0.3, -0.25) is 4.79 Å². The highest BCUT2D eigenvalue weighted by Gasteiger charge is 2.54. The number of rotatable bonds is 81. The maximum Gasteiger partial charge on any atom is 0.220 e. The van der Waals surface area contributed by atoms with Crippen molar-refractivity contribution in [2.75, 3.05) is 26.4 Å². The first-order chi connectivity index (χ1) is 55.3. The summed E-state index contributed by atoms with van der Waals surface area (Å²) in [6, 6.07) is -0.972. The van der Waals surface area contributed by atoms with Gasteiger partial charge in [-0.2, -0.15) is 0 Å². The molecule has 0 aliphatic carbocycles.